The van der Waals surface area contributed by atoms with Gasteiger partial charge in [0, 0.05) is 11.8 Å². The zero-order valence-electron chi connectivity index (χ0n) is 14.9. The van der Waals surface area contributed by atoms with E-state index in [-0.39, 0.29) is 22.0 Å². The van der Waals surface area contributed by atoms with Crippen LogP contribution < -0.4 is 15.5 Å². The Hall–Kier alpha value is -3.40. The lowest BCUT2D eigenvalue weighted by Gasteiger charge is -2.08. The van der Waals surface area contributed by atoms with E-state index < -0.39 is 17.6 Å². The lowest BCUT2D eigenvalue weighted by atomic mass is 10.0. The molecular weight excluding hydrogens is 405 g/mol. The highest BCUT2D eigenvalue weighted by atomic mass is 32.1. The molecule has 2 N–H and O–H groups in total. The first-order chi connectivity index (χ1) is 13.8. The Balaban J connectivity index is 1.78. The number of alkyl halides is 3. The summed E-state index contributed by atoms with van der Waals surface area (Å²) >= 11 is 1.20. The van der Waals surface area contributed by atoms with E-state index in [1.807, 2.05) is 0 Å². The molecule has 0 atom stereocenters. The van der Waals surface area contributed by atoms with Crippen molar-refractivity contribution in [2.45, 2.75) is 6.18 Å². The molecule has 1 aliphatic heterocycles. The van der Waals surface area contributed by atoms with Gasteiger partial charge < -0.3 is 10.5 Å². The van der Waals surface area contributed by atoms with E-state index in [0.29, 0.717) is 11.3 Å². The third kappa shape index (κ3) is 3.31. The molecule has 0 spiro atoms. The maximum atomic E-state index is 13.1. The van der Waals surface area contributed by atoms with E-state index >= 15 is 0 Å². The molecule has 0 bridgehead atoms. The topological polar surface area (TPSA) is 80.8 Å². The van der Waals surface area contributed by atoms with Crippen molar-refractivity contribution in [3.63, 3.8) is 0 Å². The van der Waals surface area contributed by atoms with Crippen LogP contribution in [-0.4, -0.2) is 23.7 Å². The smallest absolute Gasteiger partial charge is 0.416 e. The monoisotopic (exact) mass is 418 g/mol. The first kappa shape index (κ1) is 18.9. The number of amides is 1. The number of carbonyl (C=O) groups is 1. The lowest BCUT2D eigenvalue weighted by molar-refractivity contribution is -0.137. The van der Waals surface area contributed by atoms with Crippen LogP contribution in [0.5, 0.6) is 5.75 Å². The van der Waals surface area contributed by atoms with Crippen LogP contribution in [-0.2, 0) is 11.0 Å². The van der Waals surface area contributed by atoms with E-state index in [9.17, 15) is 18.0 Å². The second-order valence-corrected chi connectivity index (χ2v) is 7.06. The zero-order valence-corrected chi connectivity index (χ0v) is 15.7. The van der Waals surface area contributed by atoms with Crippen LogP contribution >= 0.6 is 11.3 Å². The van der Waals surface area contributed by atoms with E-state index in [2.05, 4.69) is 10.1 Å². The van der Waals surface area contributed by atoms with Crippen LogP contribution in [0.1, 0.15) is 11.1 Å². The Kier molecular flexibility index (Phi) is 4.50. The Morgan fingerprint density at radius 3 is 2.69 bits per heavy atom. The summed E-state index contributed by atoms with van der Waals surface area (Å²) < 4.78 is 45.1. The van der Waals surface area contributed by atoms with Crippen molar-refractivity contribution in [2.75, 3.05) is 12.1 Å². The molecule has 0 saturated heterocycles. The summed E-state index contributed by atoms with van der Waals surface area (Å²) in [5, 5.41) is 5.55. The van der Waals surface area contributed by atoms with Crippen LogP contribution in [0.3, 0.4) is 0 Å². The molecule has 0 saturated carbocycles. The number of hydrogen-bond acceptors (Lipinski definition) is 6. The Labute approximate surface area is 166 Å². The number of thiazole rings is 1. The second kappa shape index (κ2) is 6.89. The average Bonchev–Trinajstić information content (AvgIpc) is 3.27. The van der Waals surface area contributed by atoms with Gasteiger partial charge in [0.25, 0.3) is 5.91 Å². The van der Waals surface area contributed by atoms with E-state index in [1.165, 1.54) is 30.6 Å². The molecule has 148 valence electrons. The predicted molar refractivity (Wildman–Crippen MR) is 104 cm³/mol. The zero-order chi connectivity index (χ0) is 20.8. The molecule has 0 unspecified atom stereocenters. The highest BCUT2D eigenvalue weighted by Crippen LogP contribution is 2.35. The SMILES string of the molecule is COc1ccc2nc(N3N=C(c4cccc(C(F)(F)F)c4)/C(=C\N)C3=O)sc2c1. The molecular formula is C19H13F3N4O2S. The molecule has 1 amide bonds. The number of fused-ring (bicyclic) bond motifs is 1. The molecule has 6 nitrogen and oxygen atoms in total. The Bertz CT molecular complexity index is 1180. The van der Waals surface area contributed by atoms with Crippen LogP contribution in [0.2, 0.25) is 0 Å². The van der Waals surface area contributed by atoms with Crippen molar-refractivity contribution >= 4 is 38.3 Å². The fraction of sp³-hybridized carbons (Fsp3) is 0.105. The Morgan fingerprint density at radius 1 is 1.21 bits per heavy atom. The number of hydrazone groups is 1. The van der Waals surface area contributed by atoms with Gasteiger partial charge in [0.05, 0.1) is 28.5 Å². The molecule has 2 aromatic carbocycles. The third-order valence-corrected chi connectivity index (χ3v) is 5.27. The fourth-order valence-electron chi connectivity index (χ4n) is 2.86. The Morgan fingerprint density at radius 2 is 2.00 bits per heavy atom. The number of aromatic nitrogens is 1. The summed E-state index contributed by atoms with van der Waals surface area (Å²) in [6.45, 7) is 0. The number of hydrogen-bond donors (Lipinski definition) is 1. The van der Waals surface area contributed by atoms with Gasteiger partial charge >= 0.3 is 6.18 Å². The minimum atomic E-state index is -4.52. The number of anilines is 1. The van der Waals surface area contributed by atoms with Crippen molar-refractivity contribution in [2.24, 2.45) is 10.8 Å². The van der Waals surface area contributed by atoms with Gasteiger partial charge in [0.2, 0.25) is 5.13 Å². The third-order valence-electron chi connectivity index (χ3n) is 4.27. The quantitative estimate of drug-likeness (QED) is 0.654. The van der Waals surface area contributed by atoms with Crippen LogP contribution in [0.4, 0.5) is 18.3 Å². The van der Waals surface area contributed by atoms with Crippen LogP contribution in [0.15, 0.2) is 59.3 Å². The second-order valence-electron chi connectivity index (χ2n) is 6.05. The summed E-state index contributed by atoms with van der Waals surface area (Å²) in [7, 11) is 1.54. The van der Waals surface area contributed by atoms with Gasteiger partial charge in [-0.25, -0.2) is 4.98 Å². The van der Waals surface area contributed by atoms with Crippen molar-refractivity contribution in [3.8, 4) is 5.75 Å². The number of carbonyl (C=O) groups excluding carboxylic acids is 1. The molecule has 29 heavy (non-hydrogen) atoms. The number of ether oxygens (including phenoxy) is 1. The lowest BCUT2D eigenvalue weighted by Crippen LogP contribution is -2.21. The van der Waals surface area contributed by atoms with Gasteiger partial charge in [-0.15, -0.1) is 0 Å². The normalized spacial score (nSPS) is 16.0. The number of nitrogens with zero attached hydrogens (tertiary/aromatic N) is 3. The van der Waals surface area contributed by atoms with Gasteiger partial charge in [0.1, 0.15) is 11.5 Å². The van der Waals surface area contributed by atoms with Gasteiger partial charge in [-0.1, -0.05) is 23.5 Å². The maximum absolute atomic E-state index is 13.1. The summed E-state index contributed by atoms with van der Waals surface area (Å²) in [5.74, 6) is 0.0714. The van der Waals surface area contributed by atoms with Gasteiger partial charge in [-0.2, -0.15) is 23.3 Å². The molecule has 0 aliphatic carbocycles. The molecule has 2 heterocycles. The molecule has 1 aromatic heterocycles. The number of halogens is 3. The highest BCUT2D eigenvalue weighted by Gasteiger charge is 2.35. The molecule has 0 fully saturated rings. The molecule has 10 heteroatoms. The minimum Gasteiger partial charge on any atom is -0.497 e. The van der Waals surface area contributed by atoms with Crippen LogP contribution in [0, 0.1) is 0 Å². The van der Waals surface area contributed by atoms with Gasteiger partial charge in [0.15, 0.2) is 0 Å². The van der Waals surface area contributed by atoms with Gasteiger partial charge in [-0.3, -0.25) is 4.79 Å². The number of rotatable bonds is 3. The van der Waals surface area contributed by atoms with Crippen molar-refractivity contribution < 1.29 is 22.7 Å². The number of methoxy groups -OCH3 is 1. The molecule has 0 radical (unpaired) electrons. The van der Waals surface area contributed by atoms with Crippen LogP contribution in [0.25, 0.3) is 10.2 Å². The van der Waals surface area contributed by atoms with E-state index in [1.54, 1.807) is 18.2 Å². The van der Waals surface area contributed by atoms with Crippen molar-refractivity contribution in [3.05, 3.63) is 65.4 Å². The molecule has 1 aliphatic rings. The maximum Gasteiger partial charge on any atom is 0.416 e. The van der Waals surface area contributed by atoms with Crippen molar-refractivity contribution in [1.82, 2.24) is 4.98 Å². The summed E-state index contributed by atoms with van der Waals surface area (Å²) in [4.78, 5) is 17.2. The first-order valence-corrected chi connectivity index (χ1v) is 9.11. The standard InChI is InChI=1S/C19H13F3N4O2S/c1-28-12-5-6-14-15(8-12)29-18(24-14)26-17(27)13(9-23)16(25-26)10-3-2-4-11(7-10)19(20,21)22/h2-9H,23H2,1H3/b13-9+. The number of benzene rings is 2. The minimum absolute atomic E-state index is 0.00108. The molecule has 3 aromatic rings. The van der Waals surface area contributed by atoms with E-state index in [0.717, 1.165) is 28.0 Å². The average molecular weight is 418 g/mol. The summed E-state index contributed by atoms with van der Waals surface area (Å²) in [6.07, 6.45) is -3.48. The highest BCUT2D eigenvalue weighted by molar-refractivity contribution is 7.22. The predicted octanol–water partition coefficient (Wildman–Crippen LogP) is 3.92. The number of nitrogens with two attached hydrogens (primary N) is 1. The fourth-order valence-corrected chi connectivity index (χ4v) is 3.81. The largest absolute Gasteiger partial charge is 0.497 e. The summed E-state index contributed by atoms with van der Waals surface area (Å²) in [5.41, 5.74) is 5.57. The van der Waals surface area contributed by atoms with Gasteiger partial charge in [-0.05, 0) is 30.3 Å². The van der Waals surface area contributed by atoms with Crippen molar-refractivity contribution in [1.29, 1.82) is 0 Å². The molecule has 4 rings (SSSR count). The first-order valence-electron chi connectivity index (χ1n) is 8.29. The van der Waals surface area contributed by atoms with E-state index in [4.69, 9.17) is 10.5 Å². The summed E-state index contributed by atoms with van der Waals surface area (Å²) in [6, 6.07) is 9.83.